The lowest BCUT2D eigenvalue weighted by atomic mass is 9.88. The first-order valence-corrected chi connectivity index (χ1v) is 12.6. The number of nitrogens with zero attached hydrogens (tertiary/aromatic N) is 3. The molecule has 1 aliphatic rings. The first kappa shape index (κ1) is 23.4. The summed E-state index contributed by atoms with van der Waals surface area (Å²) >= 11 is 1.64. The van der Waals surface area contributed by atoms with Gasteiger partial charge in [-0.25, -0.2) is 0 Å². The predicted octanol–water partition coefficient (Wildman–Crippen LogP) is 5.10. The van der Waals surface area contributed by atoms with Crippen molar-refractivity contribution in [3.8, 4) is 5.75 Å². The highest BCUT2D eigenvalue weighted by atomic mass is 32.2. The van der Waals surface area contributed by atoms with Crippen LogP contribution in [0.1, 0.15) is 55.1 Å². The second-order valence-corrected chi connectivity index (χ2v) is 9.56. The van der Waals surface area contributed by atoms with Gasteiger partial charge in [-0.3, -0.25) is 4.79 Å². The topological polar surface area (TPSA) is 69.0 Å². The second kappa shape index (κ2) is 11.4. The fourth-order valence-electron chi connectivity index (χ4n) is 4.34. The van der Waals surface area contributed by atoms with Crippen molar-refractivity contribution in [3.63, 3.8) is 0 Å². The summed E-state index contributed by atoms with van der Waals surface area (Å²) in [4.78, 5) is 13.1. The SMILES string of the molecule is COc1ccc(CSc2nnc(C(Cc3ccccc3)NC(=O)C3CCCCC3)n2C)cc1. The van der Waals surface area contributed by atoms with Crippen LogP contribution >= 0.6 is 11.8 Å². The molecule has 1 aromatic heterocycles. The highest BCUT2D eigenvalue weighted by molar-refractivity contribution is 7.98. The Morgan fingerprint density at radius 1 is 1.06 bits per heavy atom. The zero-order chi connectivity index (χ0) is 23.0. The van der Waals surface area contributed by atoms with Crippen LogP contribution in [0.4, 0.5) is 0 Å². The Kier molecular flexibility index (Phi) is 8.05. The molecule has 0 radical (unpaired) electrons. The summed E-state index contributed by atoms with van der Waals surface area (Å²) in [6, 6.07) is 18.1. The minimum absolute atomic E-state index is 0.106. The number of nitrogens with one attached hydrogen (secondary N) is 1. The molecular weight excluding hydrogens is 432 g/mol. The third-order valence-corrected chi connectivity index (χ3v) is 7.37. The maximum absolute atomic E-state index is 13.1. The van der Waals surface area contributed by atoms with Gasteiger partial charge in [0.15, 0.2) is 11.0 Å². The Balaban J connectivity index is 1.49. The van der Waals surface area contributed by atoms with Gasteiger partial charge in [-0.15, -0.1) is 10.2 Å². The van der Waals surface area contributed by atoms with Gasteiger partial charge in [0, 0.05) is 18.7 Å². The first-order valence-electron chi connectivity index (χ1n) is 11.6. The van der Waals surface area contributed by atoms with Gasteiger partial charge in [0.2, 0.25) is 5.91 Å². The van der Waals surface area contributed by atoms with Crippen molar-refractivity contribution in [1.82, 2.24) is 20.1 Å². The van der Waals surface area contributed by atoms with Crippen molar-refractivity contribution in [3.05, 3.63) is 71.5 Å². The molecule has 174 valence electrons. The van der Waals surface area contributed by atoms with Crippen molar-refractivity contribution in [2.45, 2.75) is 55.5 Å². The molecule has 0 spiro atoms. The summed E-state index contributed by atoms with van der Waals surface area (Å²) in [5, 5.41) is 13.1. The largest absolute Gasteiger partial charge is 0.497 e. The van der Waals surface area contributed by atoms with Gasteiger partial charge in [-0.1, -0.05) is 73.5 Å². The monoisotopic (exact) mass is 464 g/mol. The third kappa shape index (κ3) is 6.16. The molecule has 1 fully saturated rings. The summed E-state index contributed by atoms with van der Waals surface area (Å²) in [5.41, 5.74) is 2.36. The molecule has 0 bridgehead atoms. The molecule has 1 saturated carbocycles. The number of ether oxygens (including phenoxy) is 1. The van der Waals surface area contributed by atoms with Gasteiger partial charge in [0.25, 0.3) is 0 Å². The maximum Gasteiger partial charge on any atom is 0.223 e. The van der Waals surface area contributed by atoms with E-state index in [1.54, 1.807) is 18.9 Å². The van der Waals surface area contributed by atoms with Crippen molar-refractivity contribution in [2.75, 3.05) is 7.11 Å². The Labute approximate surface area is 200 Å². The average molecular weight is 465 g/mol. The van der Waals surface area contributed by atoms with Crippen LogP contribution < -0.4 is 10.1 Å². The van der Waals surface area contributed by atoms with Crippen LogP contribution in [0, 0.1) is 5.92 Å². The van der Waals surface area contributed by atoms with E-state index in [1.165, 1.54) is 17.5 Å². The molecule has 7 heteroatoms. The Morgan fingerprint density at radius 3 is 2.48 bits per heavy atom. The van der Waals surface area contributed by atoms with E-state index >= 15 is 0 Å². The number of hydrogen-bond donors (Lipinski definition) is 1. The number of carbonyl (C=O) groups excluding carboxylic acids is 1. The molecule has 3 aromatic rings. The summed E-state index contributed by atoms with van der Waals surface area (Å²) < 4.78 is 7.25. The molecule has 0 saturated heterocycles. The van der Waals surface area contributed by atoms with Crippen molar-refractivity contribution < 1.29 is 9.53 Å². The van der Waals surface area contributed by atoms with E-state index in [1.807, 2.05) is 41.9 Å². The number of carbonyl (C=O) groups is 1. The van der Waals surface area contributed by atoms with Crippen molar-refractivity contribution in [2.24, 2.45) is 13.0 Å². The average Bonchev–Trinajstić information content (AvgIpc) is 3.23. The van der Waals surface area contributed by atoms with E-state index in [0.717, 1.165) is 48.2 Å². The van der Waals surface area contributed by atoms with Crippen LogP contribution in [0.3, 0.4) is 0 Å². The number of amides is 1. The number of benzene rings is 2. The number of methoxy groups -OCH3 is 1. The molecule has 1 N–H and O–H groups in total. The van der Waals surface area contributed by atoms with E-state index in [2.05, 4.69) is 39.8 Å². The highest BCUT2D eigenvalue weighted by Crippen LogP contribution is 2.28. The van der Waals surface area contributed by atoms with Crippen LogP contribution in [0.2, 0.25) is 0 Å². The van der Waals surface area contributed by atoms with E-state index in [9.17, 15) is 4.79 Å². The van der Waals surface area contributed by atoms with E-state index in [4.69, 9.17) is 4.74 Å². The fraction of sp³-hybridized carbons (Fsp3) is 0.423. The van der Waals surface area contributed by atoms with Gasteiger partial charge in [0.05, 0.1) is 13.2 Å². The zero-order valence-corrected chi connectivity index (χ0v) is 20.2. The fourth-order valence-corrected chi connectivity index (χ4v) is 5.21. The molecule has 1 amide bonds. The molecular formula is C26H32N4O2S. The number of thioether (sulfide) groups is 1. The molecule has 1 aliphatic carbocycles. The Hall–Kier alpha value is -2.80. The maximum atomic E-state index is 13.1. The highest BCUT2D eigenvalue weighted by Gasteiger charge is 2.27. The number of aromatic nitrogens is 3. The van der Waals surface area contributed by atoms with E-state index in [-0.39, 0.29) is 17.9 Å². The normalized spacial score (nSPS) is 15.2. The molecule has 0 aliphatic heterocycles. The van der Waals surface area contributed by atoms with E-state index in [0.29, 0.717) is 6.42 Å². The number of rotatable bonds is 9. The van der Waals surface area contributed by atoms with Crippen molar-refractivity contribution in [1.29, 1.82) is 0 Å². The zero-order valence-electron chi connectivity index (χ0n) is 19.4. The van der Waals surface area contributed by atoms with E-state index < -0.39 is 0 Å². The molecule has 2 aromatic carbocycles. The molecule has 6 nitrogen and oxygen atoms in total. The lowest BCUT2D eigenvalue weighted by Crippen LogP contribution is -2.37. The van der Waals surface area contributed by atoms with Gasteiger partial charge >= 0.3 is 0 Å². The summed E-state index contributed by atoms with van der Waals surface area (Å²) in [5.74, 6) is 2.68. The minimum Gasteiger partial charge on any atom is -0.497 e. The van der Waals surface area contributed by atoms with Crippen LogP contribution in [-0.2, 0) is 24.0 Å². The summed E-state index contributed by atoms with van der Waals surface area (Å²) in [7, 11) is 3.65. The smallest absolute Gasteiger partial charge is 0.223 e. The quantitative estimate of drug-likeness (QED) is 0.447. The standard InChI is InChI=1S/C26H32N4O2S/c1-30-24(28-29-26(30)33-18-20-13-15-22(32-2)16-14-20)23(17-19-9-5-3-6-10-19)27-25(31)21-11-7-4-8-12-21/h3,5-6,9-10,13-16,21,23H,4,7-8,11-12,17-18H2,1-2H3,(H,27,31). The van der Waals surface area contributed by atoms with Gasteiger partial charge in [0.1, 0.15) is 5.75 Å². The third-order valence-electron chi connectivity index (χ3n) is 6.28. The summed E-state index contributed by atoms with van der Waals surface area (Å²) in [6.45, 7) is 0. The molecule has 33 heavy (non-hydrogen) atoms. The van der Waals surface area contributed by atoms with Crippen LogP contribution in [0.25, 0.3) is 0 Å². The second-order valence-electron chi connectivity index (χ2n) is 8.62. The lowest BCUT2D eigenvalue weighted by molar-refractivity contribution is -0.126. The number of hydrogen-bond acceptors (Lipinski definition) is 5. The van der Waals surface area contributed by atoms with Crippen LogP contribution in [0.5, 0.6) is 5.75 Å². The van der Waals surface area contributed by atoms with Crippen LogP contribution in [0.15, 0.2) is 59.8 Å². The Morgan fingerprint density at radius 2 is 1.79 bits per heavy atom. The van der Waals surface area contributed by atoms with Crippen molar-refractivity contribution >= 4 is 17.7 Å². The van der Waals surface area contributed by atoms with Gasteiger partial charge < -0.3 is 14.6 Å². The first-order chi connectivity index (χ1) is 16.1. The lowest BCUT2D eigenvalue weighted by Gasteiger charge is -2.25. The molecule has 1 unspecified atom stereocenters. The van der Waals surface area contributed by atoms with Gasteiger partial charge in [-0.2, -0.15) is 0 Å². The molecule has 1 heterocycles. The minimum atomic E-state index is -0.213. The predicted molar refractivity (Wildman–Crippen MR) is 131 cm³/mol. The van der Waals surface area contributed by atoms with Crippen LogP contribution in [-0.4, -0.2) is 27.8 Å². The molecule has 4 rings (SSSR count). The van der Waals surface area contributed by atoms with Gasteiger partial charge in [-0.05, 0) is 42.5 Å². The summed E-state index contributed by atoms with van der Waals surface area (Å²) in [6.07, 6.45) is 6.15. The molecule has 1 atom stereocenters. The Bertz CT molecular complexity index is 1030.